The maximum atomic E-state index is 13.0. The van der Waals surface area contributed by atoms with Gasteiger partial charge < -0.3 is 19.2 Å². The molecule has 2 aromatic carbocycles. The minimum atomic E-state index is -0.498. The van der Waals surface area contributed by atoms with E-state index in [9.17, 15) is 4.79 Å². The number of hydrogen-bond donors (Lipinski definition) is 0. The lowest BCUT2D eigenvalue weighted by molar-refractivity contribution is -0.142. The van der Waals surface area contributed by atoms with Gasteiger partial charge in [-0.1, -0.05) is 41.6 Å². The average Bonchev–Trinajstić information content (AvgIpc) is 3.37. The van der Waals surface area contributed by atoms with Gasteiger partial charge in [0.1, 0.15) is 0 Å². The standard InChI is InChI=1S/C24H26N2O4/c27-24(26-11-4-7-19(10-12-26)18-5-2-1-3-6-18)23-15-20(25-30-23)13-17-8-9-21-22(14-17)29-16-28-21/h1-3,5-6,8-9,14,19,23H,4,7,10-13,15-16H2. The lowest BCUT2D eigenvalue weighted by Crippen LogP contribution is -2.40. The summed E-state index contributed by atoms with van der Waals surface area (Å²) in [7, 11) is 0. The number of carbonyl (C=O) groups is 1. The summed E-state index contributed by atoms with van der Waals surface area (Å²) in [5.74, 6) is 2.11. The zero-order chi connectivity index (χ0) is 20.3. The molecule has 30 heavy (non-hydrogen) atoms. The third kappa shape index (κ3) is 3.99. The number of oxime groups is 1. The van der Waals surface area contributed by atoms with Crippen molar-refractivity contribution in [2.45, 2.75) is 44.1 Å². The van der Waals surface area contributed by atoms with Crippen molar-refractivity contribution in [1.29, 1.82) is 0 Å². The van der Waals surface area contributed by atoms with Crippen LogP contribution in [0.15, 0.2) is 53.7 Å². The third-order valence-electron chi connectivity index (χ3n) is 6.16. The van der Waals surface area contributed by atoms with Gasteiger partial charge in [-0.05, 0) is 48.4 Å². The van der Waals surface area contributed by atoms with Crippen LogP contribution in [-0.4, -0.2) is 42.5 Å². The fourth-order valence-corrected chi connectivity index (χ4v) is 4.53. The summed E-state index contributed by atoms with van der Waals surface area (Å²) in [5, 5.41) is 4.20. The van der Waals surface area contributed by atoms with Gasteiger partial charge in [-0.3, -0.25) is 4.79 Å². The monoisotopic (exact) mass is 406 g/mol. The molecule has 0 saturated carbocycles. The molecule has 0 aliphatic carbocycles. The Kier molecular flexibility index (Phi) is 5.30. The summed E-state index contributed by atoms with van der Waals surface area (Å²) >= 11 is 0. The highest BCUT2D eigenvalue weighted by Gasteiger charge is 2.33. The molecule has 0 N–H and O–H groups in total. The molecule has 2 atom stereocenters. The van der Waals surface area contributed by atoms with Crippen LogP contribution in [-0.2, 0) is 16.1 Å². The topological polar surface area (TPSA) is 60.4 Å². The average molecular weight is 406 g/mol. The SMILES string of the molecule is O=C(C1CC(Cc2ccc3c(c2)OCO3)=NO1)N1CCCC(c2ccccc2)CC1. The van der Waals surface area contributed by atoms with E-state index in [0.717, 1.165) is 55.1 Å². The Balaban J connectivity index is 1.16. The molecule has 156 valence electrons. The predicted molar refractivity (Wildman–Crippen MR) is 113 cm³/mol. The van der Waals surface area contributed by atoms with Crippen molar-refractivity contribution in [2.75, 3.05) is 19.9 Å². The number of carbonyl (C=O) groups excluding carboxylic acids is 1. The molecule has 1 amide bonds. The van der Waals surface area contributed by atoms with E-state index in [-0.39, 0.29) is 12.7 Å². The Morgan fingerprint density at radius 3 is 2.80 bits per heavy atom. The highest BCUT2D eigenvalue weighted by atomic mass is 16.7. The van der Waals surface area contributed by atoms with Gasteiger partial charge in [0.15, 0.2) is 11.5 Å². The minimum absolute atomic E-state index is 0.0631. The molecule has 3 aliphatic rings. The molecule has 0 bridgehead atoms. The Morgan fingerprint density at radius 1 is 1.03 bits per heavy atom. The molecule has 2 unspecified atom stereocenters. The van der Waals surface area contributed by atoms with E-state index in [2.05, 4.69) is 35.5 Å². The molecular formula is C24H26N2O4. The molecule has 5 rings (SSSR count). The fourth-order valence-electron chi connectivity index (χ4n) is 4.53. The number of benzene rings is 2. The molecular weight excluding hydrogens is 380 g/mol. The van der Waals surface area contributed by atoms with Gasteiger partial charge in [0.25, 0.3) is 5.91 Å². The largest absolute Gasteiger partial charge is 0.454 e. The minimum Gasteiger partial charge on any atom is -0.454 e. The molecule has 2 aromatic rings. The molecule has 3 heterocycles. The van der Waals surface area contributed by atoms with Gasteiger partial charge in [-0.15, -0.1) is 0 Å². The van der Waals surface area contributed by atoms with E-state index in [1.54, 1.807) is 0 Å². The molecule has 1 fully saturated rings. The van der Waals surface area contributed by atoms with Crippen LogP contribution in [0.5, 0.6) is 11.5 Å². The van der Waals surface area contributed by atoms with Crippen molar-refractivity contribution in [3.05, 3.63) is 59.7 Å². The van der Waals surface area contributed by atoms with E-state index in [1.807, 2.05) is 23.1 Å². The Labute approximate surface area is 176 Å². The lowest BCUT2D eigenvalue weighted by atomic mass is 9.92. The second-order valence-electron chi connectivity index (χ2n) is 8.18. The van der Waals surface area contributed by atoms with E-state index < -0.39 is 6.10 Å². The van der Waals surface area contributed by atoms with Gasteiger partial charge in [0.2, 0.25) is 12.9 Å². The van der Waals surface area contributed by atoms with E-state index >= 15 is 0 Å². The molecule has 6 nitrogen and oxygen atoms in total. The summed E-state index contributed by atoms with van der Waals surface area (Å²) in [4.78, 5) is 20.5. The van der Waals surface area contributed by atoms with Gasteiger partial charge in [-0.25, -0.2) is 0 Å². The predicted octanol–water partition coefficient (Wildman–Crippen LogP) is 3.90. The smallest absolute Gasteiger partial charge is 0.266 e. The third-order valence-corrected chi connectivity index (χ3v) is 6.16. The molecule has 6 heteroatoms. The van der Waals surface area contributed by atoms with Gasteiger partial charge in [-0.2, -0.15) is 0 Å². The molecule has 1 saturated heterocycles. The maximum Gasteiger partial charge on any atom is 0.266 e. The lowest BCUT2D eigenvalue weighted by Gasteiger charge is -2.23. The second kappa shape index (κ2) is 8.38. The van der Waals surface area contributed by atoms with Crippen molar-refractivity contribution in [1.82, 2.24) is 4.90 Å². The fraction of sp³-hybridized carbons (Fsp3) is 0.417. The highest BCUT2D eigenvalue weighted by Crippen LogP contribution is 2.33. The van der Waals surface area contributed by atoms with Crippen LogP contribution in [0.1, 0.15) is 42.7 Å². The summed E-state index contributed by atoms with van der Waals surface area (Å²) < 4.78 is 10.8. The summed E-state index contributed by atoms with van der Waals surface area (Å²) in [6, 6.07) is 16.5. The number of likely N-dealkylation sites (tertiary alicyclic amines) is 1. The van der Waals surface area contributed by atoms with E-state index in [4.69, 9.17) is 14.3 Å². The summed E-state index contributed by atoms with van der Waals surface area (Å²) in [6.45, 7) is 1.83. The number of hydrogen-bond acceptors (Lipinski definition) is 5. The Morgan fingerprint density at radius 2 is 1.90 bits per heavy atom. The molecule has 0 radical (unpaired) electrons. The summed E-state index contributed by atoms with van der Waals surface area (Å²) in [5.41, 5.74) is 3.35. The van der Waals surface area contributed by atoms with E-state index in [0.29, 0.717) is 18.8 Å². The zero-order valence-electron chi connectivity index (χ0n) is 17.0. The number of rotatable bonds is 4. The first-order valence-corrected chi connectivity index (χ1v) is 10.7. The Hall–Kier alpha value is -3.02. The zero-order valence-corrected chi connectivity index (χ0v) is 17.0. The first-order chi connectivity index (χ1) is 14.8. The van der Waals surface area contributed by atoms with Crippen LogP contribution in [0, 0.1) is 0 Å². The molecule has 3 aliphatic heterocycles. The first kappa shape index (κ1) is 19.0. The van der Waals surface area contributed by atoms with E-state index in [1.165, 1.54) is 5.56 Å². The van der Waals surface area contributed by atoms with Crippen LogP contribution in [0.3, 0.4) is 0 Å². The van der Waals surface area contributed by atoms with Crippen molar-refractivity contribution in [3.8, 4) is 11.5 Å². The number of amides is 1. The van der Waals surface area contributed by atoms with Crippen LogP contribution in [0.4, 0.5) is 0 Å². The quantitative estimate of drug-likeness (QED) is 0.773. The van der Waals surface area contributed by atoms with Gasteiger partial charge in [0, 0.05) is 25.9 Å². The number of fused-ring (bicyclic) bond motifs is 1. The molecule has 0 spiro atoms. The number of nitrogens with zero attached hydrogens (tertiary/aromatic N) is 2. The van der Waals surface area contributed by atoms with Crippen LogP contribution in [0.2, 0.25) is 0 Å². The highest BCUT2D eigenvalue weighted by molar-refractivity contribution is 5.94. The van der Waals surface area contributed by atoms with Crippen molar-refractivity contribution in [2.24, 2.45) is 5.16 Å². The summed E-state index contributed by atoms with van der Waals surface area (Å²) in [6.07, 6.45) is 3.83. The van der Waals surface area contributed by atoms with Crippen molar-refractivity contribution < 1.29 is 19.1 Å². The van der Waals surface area contributed by atoms with Gasteiger partial charge in [0.05, 0.1) is 5.71 Å². The second-order valence-corrected chi connectivity index (χ2v) is 8.18. The first-order valence-electron chi connectivity index (χ1n) is 10.7. The Bertz CT molecular complexity index is 943. The van der Waals surface area contributed by atoms with Gasteiger partial charge >= 0.3 is 0 Å². The van der Waals surface area contributed by atoms with Crippen molar-refractivity contribution >= 4 is 11.6 Å². The maximum absolute atomic E-state index is 13.0. The molecule has 0 aromatic heterocycles. The van der Waals surface area contributed by atoms with Crippen LogP contribution < -0.4 is 9.47 Å². The normalized spacial score (nSPS) is 22.9. The number of ether oxygens (including phenoxy) is 2. The van der Waals surface area contributed by atoms with Crippen LogP contribution in [0.25, 0.3) is 0 Å². The van der Waals surface area contributed by atoms with Crippen molar-refractivity contribution in [3.63, 3.8) is 0 Å². The van der Waals surface area contributed by atoms with Crippen LogP contribution >= 0.6 is 0 Å².